The summed E-state index contributed by atoms with van der Waals surface area (Å²) in [6.07, 6.45) is 1.53. The molecule has 2 aliphatic rings. The van der Waals surface area contributed by atoms with Crippen LogP contribution in [-0.2, 0) is 11.3 Å². The van der Waals surface area contributed by atoms with Crippen molar-refractivity contribution in [2.75, 3.05) is 6.79 Å². The van der Waals surface area contributed by atoms with Crippen molar-refractivity contribution < 1.29 is 19.1 Å². The second kappa shape index (κ2) is 6.66. The molecule has 0 saturated carbocycles. The highest BCUT2D eigenvalue weighted by atomic mass is 79.9. The number of ether oxygens (including phenoxy) is 2. The zero-order valence-electron chi connectivity index (χ0n) is 13.3. The van der Waals surface area contributed by atoms with Gasteiger partial charge in [0, 0.05) is 10.5 Å². The van der Waals surface area contributed by atoms with Gasteiger partial charge in [0.15, 0.2) is 11.5 Å². The Morgan fingerprint density at radius 2 is 1.85 bits per heavy atom. The van der Waals surface area contributed by atoms with Crippen LogP contribution in [0.3, 0.4) is 0 Å². The Bertz CT molecular complexity index is 943. The van der Waals surface area contributed by atoms with Crippen LogP contribution in [0.4, 0.5) is 4.79 Å². The largest absolute Gasteiger partial charge is 0.454 e. The second-order valence-corrected chi connectivity index (χ2v) is 7.06. The lowest BCUT2D eigenvalue weighted by Gasteiger charge is -2.11. The standard InChI is InChI=1S/C18H12BrClN2O4/c19-12-3-1-10(2-4-12)8-22-17(23)14(21-18(22)24)5-11-6-15-16(7-13(11)20)26-9-25-15/h1-7H,8-9H2,(H,21,24)/b14-5+. The number of amides is 3. The maximum atomic E-state index is 12.6. The third kappa shape index (κ3) is 3.15. The number of fused-ring (bicyclic) bond motifs is 1. The summed E-state index contributed by atoms with van der Waals surface area (Å²) in [4.78, 5) is 25.9. The lowest BCUT2D eigenvalue weighted by molar-refractivity contribution is -0.123. The molecule has 6 nitrogen and oxygen atoms in total. The number of nitrogens with zero attached hydrogens (tertiary/aromatic N) is 1. The van der Waals surface area contributed by atoms with E-state index in [0.717, 1.165) is 14.9 Å². The van der Waals surface area contributed by atoms with Crippen molar-refractivity contribution in [2.24, 2.45) is 0 Å². The summed E-state index contributed by atoms with van der Waals surface area (Å²) in [5, 5.41) is 2.99. The van der Waals surface area contributed by atoms with E-state index in [1.54, 1.807) is 12.1 Å². The van der Waals surface area contributed by atoms with Crippen molar-refractivity contribution in [2.45, 2.75) is 6.54 Å². The molecule has 0 radical (unpaired) electrons. The molecule has 3 amide bonds. The van der Waals surface area contributed by atoms with Gasteiger partial charge in [0.1, 0.15) is 5.70 Å². The summed E-state index contributed by atoms with van der Waals surface area (Å²) in [7, 11) is 0. The number of hydrogen-bond donors (Lipinski definition) is 1. The predicted octanol–water partition coefficient (Wildman–Crippen LogP) is 3.92. The van der Waals surface area contributed by atoms with Gasteiger partial charge >= 0.3 is 6.03 Å². The van der Waals surface area contributed by atoms with Crippen LogP contribution >= 0.6 is 27.5 Å². The van der Waals surface area contributed by atoms with E-state index in [1.807, 2.05) is 24.3 Å². The predicted molar refractivity (Wildman–Crippen MR) is 98.8 cm³/mol. The number of carbonyl (C=O) groups is 2. The minimum absolute atomic E-state index is 0.127. The summed E-state index contributed by atoms with van der Waals surface area (Å²) in [6.45, 7) is 0.312. The number of urea groups is 1. The number of nitrogens with one attached hydrogen (secondary N) is 1. The molecule has 2 heterocycles. The molecule has 2 aliphatic heterocycles. The Morgan fingerprint density at radius 1 is 1.15 bits per heavy atom. The highest BCUT2D eigenvalue weighted by Gasteiger charge is 2.33. The van der Waals surface area contributed by atoms with Crippen LogP contribution in [0.25, 0.3) is 6.08 Å². The van der Waals surface area contributed by atoms with Gasteiger partial charge in [-0.15, -0.1) is 0 Å². The van der Waals surface area contributed by atoms with Gasteiger partial charge in [-0.25, -0.2) is 4.79 Å². The fourth-order valence-electron chi connectivity index (χ4n) is 2.69. The molecule has 0 spiro atoms. The molecule has 0 unspecified atom stereocenters. The first-order valence-electron chi connectivity index (χ1n) is 7.69. The number of imide groups is 1. The van der Waals surface area contributed by atoms with E-state index >= 15 is 0 Å². The number of halogens is 2. The van der Waals surface area contributed by atoms with Gasteiger partial charge in [-0.2, -0.15) is 0 Å². The Labute approximate surface area is 162 Å². The maximum absolute atomic E-state index is 12.6. The minimum atomic E-state index is -0.471. The van der Waals surface area contributed by atoms with Crippen molar-refractivity contribution in [1.82, 2.24) is 10.2 Å². The molecule has 8 heteroatoms. The van der Waals surface area contributed by atoms with E-state index in [9.17, 15) is 9.59 Å². The van der Waals surface area contributed by atoms with Crippen LogP contribution in [0.1, 0.15) is 11.1 Å². The molecule has 1 saturated heterocycles. The Hall–Kier alpha value is -2.51. The van der Waals surface area contributed by atoms with Gasteiger partial charge in [0.2, 0.25) is 6.79 Å². The van der Waals surface area contributed by atoms with Gasteiger partial charge in [0.05, 0.1) is 11.6 Å². The SMILES string of the molecule is O=C1N/C(=C/c2cc3c(cc2Cl)OCO3)C(=O)N1Cc1ccc(Br)cc1. The minimum Gasteiger partial charge on any atom is -0.454 e. The zero-order valence-corrected chi connectivity index (χ0v) is 15.6. The van der Waals surface area contributed by atoms with Gasteiger partial charge in [-0.05, 0) is 35.4 Å². The number of benzene rings is 2. The van der Waals surface area contributed by atoms with Gasteiger partial charge in [-0.1, -0.05) is 39.7 Å². The molecule has 1 fully saturated rings. The Morgan fingerprint density at radius 3 is 2.58 bits per heavy atom. The molecule has 0 aromatic heterocycles. The average molecular weight is 436 g/mol. The Kier molecular flexibility index (Phi) is 4.34. The molecule has 0 atom stereocenters. The van der Waals surface area contributed by atoms with Crippen LogP contribution in [0.2, 0.25) is 5.02 Å². The van der Waals surface area contributed by atoms with E-state index in [-0.39, 0.29) is 19.0 Å². The monoisotopic (exact) mass is 434 g/mol. The van der Waals surface area contributed by atoms with E-state index in [4.69, 9.17) is 21.1 Å². The Balaban J connectivity index is 1.59. The summed E-state index contributed by atoms with van der Waals surface area (Å²) in [5.74, 6) is 0.687. The molecule has 26 heavy (non-hydrogen) atoms. The summed E-state index contributed by atoms with van der Waals surface area (Å²) < 4.78 is 11.5. The van der Waals surface area contributed by atoms with Crippen LogP contribution in [0, 0.1) is 0 Å². The second-order valence-electron chi connectivity index (χ2n) is 5.73. The number of hydrogen-bond acceptors (Lipinski definition) is 4. The lowest BCUT2D eigenvalue weighted by Crippen LogP contribution is -2.30. The molecule has 1 N–H and O–H groups in total. The number of rotatable bonds is 3. The van der Waals surface area contributed by atoms with Crippen LogP contribution in [-0.4, -0.2) is 23.6 Å². The molecule has 132 valence electrons. The van der Waals surface area contributed by atoms with Crippen molar-refractivity contribution in [3.8, 4) is 11.5 Å². The smallest absolute Gasteiger partial charge is 0.329 e. The van der Waals surface area contributed by atoms with Gasteiger partial charge in [0.25, 0.3) is 5.91 Å². The van der Waals surface area contributed by atoms with Crippen LogP contribution in [0.15, 0.2) is 46.6 Å². The summed E-state index contributed by atoms with van der Waals surface area (Å²) in [6, 6.07) is 10.2. The summed E-state index contributed by atoms with van der Waals surface area (Å²) >= 11 is 9.59. The van der Waals surface area contributed by atoms with Crippen molar-refractivity contribution >= 4 is 45.5 Å². The van der Waals surface area contributed by atoms with E-state index in [0.29, 0.717) is 22.1 Å². The summed E-state index contributed by atoms with van der Waals surface area (Å²) in [5.41, 5.74) is 1.57. The maximum Gasteiger partial charge on any atom is 0.329 e. The quantitative estimate of drug-likeness (QED) is 0.586. The molecule has 4 rings (SSSR count). The average Bonchev–Trinajstić information content (AvgIpc) is 3.16. The number of carbonyl (C=O) groups excluding carboxylic acids is 2. The van der Waals surface area contributed by atoms with Crippen molar-refractivity contribution in [3.05, 3.63) is 62.7 Å². The van der Waals surface area contributed by atoms with E-state index in [2.05, 4.69) is 21.2 Å². The highest BCUT2D eigenvalue weighted by molar-refractivity contribution is 9.10. The molecule has 2 aromatic rings. The van der Waals surface area contributed by atoms with Crippen LogP contribution < -0.4 is 14.8 Å². The van der Waals surface area contributed by atoms with Gasteiger partial charge in [-0.3, -0.25) is 9.69 Å². The first-order chi connectivity index (χ1) is 12.5. The molecular weight excluding hydrogens is 424 g/mol. The third-order valence-electron chi connectivity index (χ3n) is 4.01. The third-order valence-corrected chi connectivity index (χ3v) is 4.86. The first kappa shape index (κ1) is 16.9. The molecular formula is C18H12BrClN2O4. The topological polar surface area (TPSA) is 67.9 Å². The fourth-order valence-corrected chi connectivity index (χ4v) is 3.16. The first-order valence-corrected chi connectivity index (χ1v) is 8.86. The normalized spacial score (nSPS) is 17.2. The van der Waals surface area contributed by atoms with Crippen molar-refractivity contribution in [3.63, 3.8) is 0 Å². The van der Waals surface area contributed by atoms with E-state index < -0.39 is 11.9 Å². The molecule has 2 aromatic carbocycles. The lowest BCUT2D eigenvalue weighted by atomic mass is 10.1. The highest BCUT2D eigenvalue weighted by Crippen LogP contribution is 2.37. The zero-order chi connectivity index (χ0) is 18.3. The molecule has 0 bridgehead atoms. The van der Waals surface area contributed by atoms with Crippen LogP contribution in [0.5, 0.6) is 11.5 Å². The fraction of sp³-hybridized carbons (Fsp3) is 0.111. The molecule has 0 aliphatic carbocycles. The van der Waals surface area contributed by atoms with Crippen molar-refractivity contribution in [1.29, 1.82) is 0 Å². The van der Waals surface area contributed by atoms with Gasteiger partial charge < -0.3 is 14.8 Å². The van der Waals surface area contributed by atoms with E-state index in [1.165, 1.54) is 6.08 Å².